The summed E-state index contributed by atoms with van der Waals surface area (Å²) in [5, 5.41) is 20.4. The monoisotopic (exact) mass is 348 g/mol. The lowest BCUT2D eigenvalue weighted by Crippen LogP contribution is -2.46. The number of hydrogen-bond acceptors (Lipinski definition) is 3. The number of rotatable bonds is 4. The molecule has 1 unspecified atom stereocenters. The van der Waals surface area contributed by atoms with E-state index in [0.29, 0.717) is 0 Å². The lowest BCUT2D eigenvalue weighted by atomic mass is 9.86. The highest BCUT2D eigenvalue weighted by molar-refractivity contribution is 5.66. The van der Waals surface area contributed by atoms with Crippen LogP contribution in [0.1, 0.15) is 70.7 Å². The van der Waals surface area contributed by atoms with Gasteiger partial charge in [-0.1, -0.05) is 24.3 Å². The van der Waals surface area contributed by atoms with Gasteiger partial charge in [0.15, 0.2) is 0 Å². The number of carbonyl (C=O) groups is 1. The van der Waals surface area contributed by atoms with Crippen molar-refractivity contribution in [3.63, 3.8) is 0 Å². The highest BCUT2D eigenvalue weighted by atomic mass is 16.4. The molecule has 1 amide bonds. The smallest absolute Gasteiger partial charge is 0.408 e. The molecule has 0 aromatic heterocycles. The molecule has 1 aromatic carbocycles. The number of benzene rings is 1. The summed E-state index contributed by atoms with van der Waals surface area (Å²) in [6.45, 7) is 10.7. The molecule has 5 heteroatoms. The molecule has 0 bridgehead atoms. The Hall–Kier alpha value is -1.59. The Bertz CT molecular complexity index is 608. The fourth-order valence-electron chi connectivity index (χ4n) is 3.96. The number of likely N-dealkylation sites (tertiary alicyclic amines) is 1. The second-order valence-electron chi connectivity index (χ2n) is 8.45. The average molecular weight is 348 g/mol. The van der Waals surface area contributed by atoms with Gasteiger partial charge in [0.25, 0.3) is 0 Å². The maximum atomic E-state index is 11.7. The highest BCUT2D eigenvalue weighted by Gasteiger charge is 2.41. The Labute approximate surface area is 151 Å². The summed E-state index contributed by atoms with van der Waals surface area (Å²) < 4.78 is 0. The first-order valence-corrected chi connectivity index (χ1v) is 9.00. The van der Waals surface area contributed by atoms with E-state index in [1.165, 1.54) is 4.90 Å². The molecule has 1 aliphatic rings. The van der Waals surface area contributed by atoms with Crippen LogP contribution < -0.4 is 0 Å². The molecule has 1 aliphatic heterocycles. The zero-order valence-electron chi connectivity index (χ0n) is 16.3. The first-order valence-electron chi connectivity index (χ1n) is 9.00. The fourth-order valence-corrected chi connectivity index (χ4v) is 3.96. The molecule has 3 atom stereocenters. The summed E-state index contributed by atoms with van der Waals surface area (Å²) in [5.74, 6) is 0. The first-order chi connectivity index (χ1) is 11.5. The Balaban J connectivity index is 2.23. The van der Waals surface area contributed by atoms with Crippen molar-refractivity contribution >= 4 is 6.09 Å². The fraction of sp³-hybridized carbons (Fsp3) is 0.650. The number of amides is 1. The van der Waals surface area contributed by atoms with Gasteiger partial charge >= 0.3 is 6.09 Å². The second kappa shape index (κ2) is 6.96. The van der Waals surface area contributed by atoms with E-state index in [9.17, 15) is 15.0 Å². The van der Waals surface area contributed by atoms with Crippen molar-refractivity contribution in [1.29, 1.82) is 0 Å². The predicted molar refractivity (Wildman–Crippen MR) is 99.7 cm³/mol. The largest absolute Gasteiger partial charge is 0.465 e. The molecule has 0 spiro atoms. The van der Waals surface area contributed by atoms with E-state index in [1.807, 2.05) is 52.0 Å². The van der Waals surface area contributed by atoms with Gasteiger partial charge in [0.05, 0.1) is 12.1 Å². The third-order valence-electron chi connectivity index (χ3n) is 5.69. The molecule has 2 N–H and O–H groups in total. The topological polar surface area (TPSA) is 64.0 Å². The van der Waals surface area contributed by atoms with Gasteiger partial charge < -0.3 is 10.2 Å². The van der Waals surface area contributed by atoms with Crippen LogP contribution >= 0.6 is 0 Å². The van der Waals surface area contributed by atoms with Crippen LogP contribution in [-0.4, -0.2) is 50.8 Å². The first kappa shape index (κ1) is 19.7. The van der Waals surface area contributed by atoms with Crippen LogP contribution in [0.4, 0.5) is 4.79 Å². The van der Waals surface area contributed by atoms with Crippen molar-refractivity contribution in [2.45, 2.75) is 70.7 Å². The van der Waals surface area contributed by atoms with Crippen LogP contribution in [0.5, 0.6) is 0 Å². The van der Waals surface area contributed by atoms with Gasteiger partial charge in [-0.15, -0.1) is 0 Å². The summed E-state index contributed by atoms with van der Waals surface area (Å²) in [4.78, 5) is 15.4. The molecule has 0 aliphatic carbocycles. The summed E-state index contributed by atoms with van der Waals surface area (Å²) in [7, 11) is 2.06. The zero-order valence-corrected chi connectivity index (χ0v) is 16.3. The van der Waals surface area contributed by atoms with Crippen molar-refractivity contribution in [2.75, 3.05) is 13.6 Å². The summed E-state index contributed by atoms with van der Waals surface area (Å²) in [6.07, 6.45) is 0.588. The van der Waals surface area contributed by atoms with Gasteiger partial charge in [-0.2, -0.15) is 0 Å². The van der Waals surface area contributed by atoms with Crippen LogP contribution in [0.3, 0.4) is 0 Å². The Kier molecular flexibility index (Phi) is 5.50. The van der Waals surface area contributed by atoms with E-state index in [1.54, 1.807) is 0 Å². The van der Waals surface area contributed by atoms with Crippen LogP contribution in [0, 0.1) is 0 Å². The van der Waals surface area contributed by atoms with Crippen molar-refractivity contribution in [3.8, 4) is 0 Å². The highest BCUT2D eigenvalue weighted by Crippen LogP contribution is 2.39. The molecule has 140 valence electrons. The molecule has 1 fully saturated rings. The van der Waals surface area contributed by atoms with Gasteiger partial charge in [-0.3, -0.25) is 9.80 Å². The Morgan fingerprint density at radius 2 is 1.76 bits per heavy atom. The van der Waals surface area contributed by atoms with E-state index >= 15 is 0 Å². The molecule has 0 saturated carbocycles. The maximum Gasteiger partial charge on any atom is 0.408 e. The van der Waals surface area contributed by atoms with E-state index < -0.39 is 17.7 Å². The maximum absolute atomic E-state index is 11.7. The van der Waals surface area contributed by atoms with Crippen molar-refractivity contribution in [1.82, 2.24) is 9.80 Å². The molecule has 5 nitrogen and oxygen atoms in total. The number of carboxylic acid groups (broad SMARTS) is 1. The van der Waals surface area contributed by atoms with Gasteiger partial charge in [0.2, 0.25) is 0 Å². The summed E-state index contributed by atoms with van der Waals surface area (Å²) >= 11 is 0. The molecule has 25 heavy (non-hydrogen) atoms. The third kappa shape index (κ3) is 3.82. The van der Waals surface area contributed by atoms with E-state index in [-0.39, 0.29) is 11.6 Å². The minimum Gasteiger partial charge on any atom is -0.465 e. The van der Waals surface area contributed by atoms with Crippen LogP contribution in [0.25, 0.3) is 0 Å². The molecular weight excluding hydrogens is 316 g/mol. The number of nitrogens with zero attached hydrogens (tertiary/aromatic N) is 2. The predicted octanol–water partition coefficient (Wildman–Crippen LogP) is 4.04. The van der Waals surface area contributed by atoms with Crippen molar-refractivity contribution in [2.24, 2.45) is 0 Å². The standard InChI is InChI=1S/C20H32N2O3/c1-14(22(18(24)25)19(2,3)4)15-8-10-16(11-9-15)17(23)20(5)12-7-13-21(20)6/h8-11,14,17,23H,7,12-13H2,1-6H3,(H,24,25)/t14-,17?,20+/m0/s1. The number of aliphatic hydroxyl groups is 1. The van der Waals surface area contributed by atoms with Gasteiger partial charge in [0, 0.05) is 11.1 Å². The molecule has 1 saturated heterocycles. The van der Waals surface area contributed by atoms with Crippen LogP contribution in [-0.2, 0) is 0 Å². The number of likely N-dealkylation sites (N-methyl/N-ethyl adjacent to an activating group) is 1. The number of aliphatic hydroxyl groups excluding tert-OH is 1. The quantitative estimate of drug-likeness (QED) is 0.862. The van der Waals surface area contributed by atoms with Gasteiger partial charge in [0.1, 0.15) is 0 Å². The minimum atomic E-state index is -0.927. The number of hydrogen-bond donors (Lipinski definition) is 2. The van der Waals surface area contributed by atoms with Gasteiger partial charge in [-0.25, -0.2) is 4.79 Å². The van der Waals surface area contributed by atoms with Gasteiger partial charge in [-0.05, 0) is 72.2 Å². The SMILES string of the molecule is C[C@@H](c1ccc(C(O)[C@@]2(C)CCCN2C)cc1)N(C(=O)O)C(C)(C)C. The average Bonchev–Trinajstić information content (AvgIpc) is 2.85. The lowest BCUT2D eigenvalue weighted by Gasteiger charge is -2.39. The molecule has 0 radical (unpaired) electrons. The summed E-state index contributed by atoms with van der Waals surface area (Å²) in [6, 6.07) is 7.47. The molecule has 2 rings (SSSR count). The normalized spacial score (nSPS) is 24.1. The molecule has 1 aromatic rings. The van der Waals surface area contributed by atoms with Crippen molar-refractivity contribution in [3.05, 3.63) is 35.4 Å². The lowest BCUT2D eigenvalue weighted by molar-refractivity contribution is 0.0158. The van der Waals surface area contributed by atoms with Crippen molar-refractivity contribution < 1.29 is 15.0 Å². The van der Waals surface area contributed by atoms with Crippen LogP contribution in [0.2, 0.25) is 0 Å². The van der Waals surface area contributed by atoms with E-state index in [4.69, 9.17) is 0 Å². The Morgan fingerprint density at radius 3 is 2.16 bits per heavy atom. The Morgan fingerprint density at radius 1 is 1.24 bits per heavy atom. The third-order valence-corrected chi connectivity index (χ3v) is 5.69. The van der Waals surface area contributed by atoms with E-state index in [2.05, 4.69) is 18.9 Å². The molecule has 1 heterocycles. The summed E-state index contributed by atoms with van der Waals surface area (Å²) in [5.41, 5.74) is 1.08. The molecular formula is C20H32N2O3. The zero-order chi connectivity index (χ0) is 19.0. The van der Waals surface area contributed by atoms with E-state index in [0.717, 1.165) is 30.5 Å². The second-order valence-corrected chi connectivity index (χ2v) is 8.45. The minimum absolute atomic E-state index is 0.244. The van der Waals surface area contributed by atoms with Crippen LogP contribution in [0.15, 0.2) is 24.3 Å².